The van der Waals surface area contributed by atoms with Crippen molar-refractivity contribution in [2.75, 3.05) is 6.54 Å². The maximum atomic E-state index is 12.6. The molecule has 2 aliphatic rings. The van der Waals surface area contributed by atoms with Gasteiger partial charge in [0.25, 0.3) is 0 Å². The zero-order valence-electron chi connectivity index (χ0n) is 14.3. The molecule has 0 radical (unpaired) electrons. The van der Waals surface area contributed by atoms with Gasteiger partial charge < -0.3 is 17.2 Å². The summed E-state index contributed by atoms with van der Waals surface area (Å²) < 4.78 is 0. The maximum Gasteiger partial charge on any atom is 0.185 e. The number of nitrogens with two attached hydrogens (primary N) is 3. The number of aliphatic imine (C=N–C) groups is 1. The lowest BCUT2D eigenvalue weighted by atomic mass is 9.83. The molecule has 5 heteroatoms. The lowest BCUT2D eigenvalue weighted by Gasteiger charge is -2.19. The molecule has 2 aliphatic carbocycles. The molecule has 0 fully saturated rings. The van der Waals surface area contributed by atoms with Crippen LogP contribution in [0.5, 0.6) is 0 Å². The highest BCUT2D eigenvalue weighted by Gasteiger charge is 2.28. The number of rotatable bonds is 5. The van der Waals surface area contributed by atoms with E-state index in [-0.39, 0.29) is 11.7 Å². The molecule has 0 aliphatic heterocycles. The number of allylic oxidation sites excluding steroid dienone is 8. The lowest BCUT2D eigenvalue weighted by Crippen LogP contribution is -2.30. The molecule has 0 atom stereocenters. The van der Waals surface area contributed by atoms with Crippen LogP contribution in [0, 0.1) is 5.41 Å². The molecular formula is C19H26N4O. The first-order valence-corrected chi connectivity index (χ1v) is 8.11. The van der Waals surface area contributed by atoms with E-state index in [0.29, 0.717) is 19.4 Å². The van der Waals surface area contributed by atoms with Gasteiger partial charge in [-0.1, -0.05) is 48.6 Å². The molecule has 0 aromatic carbocycles. The third-order valence-electron chi connectivity index (χ3n) is 4.25. The van der Waals surface area contributed by atoms with Crippen LogP contribution >= 0.6 is 0 Å². The highest BCUT2D eigenvalue weighted by atomic mass is 16.1. The van der Waals surface area contributed by atoms with Crippen molar-refractivity contribution in [2.45, 2.75) is 32.2 Å². The monoisotopic (exact) mass is 326 g/mol. The van der Waals surface area contributed by atoms with Crippen LogP contribution in [0.25, 0.3) is 0 Å². The molecule has 0 amide bonds. The summed E-state index contributed by atoms with van der Waals surface area (Å²) in [6.07, 6.45) is 16.9. The highest BCUT2D eigenvalue weighted by molar-refractivity contribution is 5.89. The Morgan fingerprint density at radius 3 is 2.00 bits per heavy atom. The van der Waals surface area contributed by atoms with Crippen LogP contribution in [0.2, 0.25) is 0 Å². The average Bonchev–Trinajstić information content (AvgIpc) is 2.76. The van der Waals surface area contributed by atoms with Crippen LogP contribution in [0.3, 0.4) is 0 Å². The Hall–Kier alpha value is -2.40. The van der Waals surface area contributed by atoms with Crippen LogP contribution in [0.15, 0.2) is 64.7 Å². The molecule has 0 saturated carbocycles. The first-order valence-electron chi connectivity index (χ1n) is 8.11. The molecule has 0 unspecified atom stereocenters. The van der Waals surface area contributed by atoms with Gasteiger partial charge in [-0.25, -0.2) is 0 Å². The van der Waals surface area contributed by atoms with Gasteiger partial charge in [-0.2, -0.15) is 0 Å². The molecule has 0 aromatic heterocycles. The van der Waals surface area contributed by atoms with Gasteiger partial charge in [-0.05, 0) is 31.4 Å². The lowest BCUT2D eigenvalue weighted by molar-refractivity contribution is -0.123. The van der Waals surface area contributed by atoms with Crippen molar-refractivity contribution in [3.63, 3.8) is 0 Å². The number of carbonyl (C=O) groups excluding carboxylic acids is 1. The molecule has 0 heterocycles. The smallest absolute Gasteiger partial charge is 0.185 e. The summed E-state index contributed by atoms with van der Waals surface area (Å²) in [5.41, 5.74) is 17.7. The number of nitrogens with zero attached hydrogens (tertiary/aromatic N) is 1. The van der Waals surface area contributed by atoms with Crippen LogP contribution in [0.1, 0.15) is 26.7 Å². The molecule has 0 bridgehead atoms. The molecule has 128 valence electrons. The van der Waals surface area contributed by atoms with Crippen molar-refractivity contribution in [2.24, 2.45) is 27.6 Å². The summed E-state index contributed by atoms with van der Waals surface area (Å²) in [6, 6.07) is 0. The van der Waals surface area contributed by atoms with Crippen molar-refractivity contribution in [3.8, 4) is 0 Å². The van der Waals surface area contributed by atoms with E-state index in [1.807, 2.05) is 62.5 Å². The summed E-state index contributed by atoms with van der Waals surface area (Å²) in [5.74, 6) is 0.205. The van der Waals surface area contributed by atoms with E-state index >= 15 is 0 Å². The number of guanidine groups is 1. The number of Topliss-reactive ketones (excluding diaryl/α,β-unsaturated/α-hetero) is 1. The van der Waals surface area contributed by atoms with Crippen molar-refractivity contribution >= 4 is 11.7 Å². The maximum absolute atomic E-state index is 12.6. The molecular weight excluding hydrogens is 300 g/mol. The third-order valence-corrected chi connectivity index (χ3v) is 4.25. The summed E-state index contributed by atoms with van der Waals surface area (Å²) >= 11 is 0. The fraction of sp³-hybridized carbons (Fsp3) is 0.368. The van der Waals surface area contributed by atoms with E-state index in [4.69, 9.17) is 17.2 Å². The van der Waals surface area contributed by atoms with Crippen molar-refractivity contribution in [1.29, 1.82) is 0 Å². The zero-order chi connectivity index (χ0) is 17.8. The van der Waals surface area contributed by atoms with Crippen molar-refractivity contribution < 1.29 is 4.79 Å². The Balaban J connectivity index is 2.10. The van der Waals surface area contributed by atoms with Gasteiger partial charge >= 0.3 is 0 Å². The molecule has 5 nitrogen and oxygen atoms in total. The second-order valence-electron chi connectivity index (χ2n) is 6.73. The second-order valence-corrected chi connectivity index (χ2v) is 6.73. The fourth-order valence-electron chi connectivity index (χ4n) is 2.57. The van der Waals surface area contributed by atoms with Crippen LogP contribution in [-0.2, 0) is 4.79 Å². The van der Waals surface area contributed by atoms with Gasteiger partial charge in [0.05, 0.1) is 11.0 Å². The average molecular weight is 326 g/mol. The second kappa shape index (κ2) is 7.01. The van der Waals surface area contributed by atoms with Crippen LogP contribution < -0.4 is 17.2 Å². The number of ketones is 1. The Kier molecular flexibility index (Phi) is 5.24. The van der Waals surface area contributed by atoms with Gasteiger partial charge in [0.1, 0.15) is 5.78 Å². The van der Waals surface area contributed by atoms with Gasteiger partial charge in [0, 0.05) is 13.0 Å². The summed E-state index contributed by atoms with van der Waals surface area (Å²) in [4.78, 5) is 16.5. The Bertz CT molecular complexity index is 650. The van der Waals surface area contributed by atoms with E-state index in [1.54, 1.807) is 0 Å². The van der Waals surface area contributed by atoms with E-state index in [0.717, 1.165) is 11.1 Å². The molecule has 24 heavy (non-hydrogen) atoms. The number of hydrogen-bond acceptors (Lipinski definition) is 3. The highest BCUT2D eigenvalue weighted by Crippen LogP contribution is 2.31. The molecule has 0 saturated heterocycles. The van der Waals surface area contributed by atoms with Crippen molar-refractivity contribution in [3.05, 3.63) is 59.8 Å². The molecule has 2 rings (SSSR count). The normalized spacial score (nSPS) is 20.3. The standard InChI is InChI=1S/C19H26N4O/c1-18(16(24)4-3-13-23-17(20)21)9-5-14-7-11-19(2,22)12-8-15(14)6-10-18/h5-12H,3-4,13,22H2,1-2H3,(H4,20,21,23). The minimum atomic E-state index is -0.627. The van der Waals surface area contributed by atoms with E-state index in [2.05, 4.69) is 4.99 Å². The Labute approximate surface area is 143 Å². The van der Waals surface area contributed by atoms with Gasteiger partial charge in [-0.3, -0.25) is 9.79 Å². The summed E-state index contributed by atoms with van der Waals surface area (Å²) in [7, 11) is 0. The summed E-state index contributed by atoms with van der Waals surface area (Å²) in [6.45, 7) is 4.34. The predicted octanol–water partition coefficient (Wildman–Crippen LogP) is 1.88. The first-order chi connectivity index (χ1) is 11.2. The minimum absolute atomic E-state index is 0.0568. The van der Waals surface area contributed by atoms with Gasteiger partial charge in [0.15, 0.2) is 5.96 Å². The number of carbonyl (C=O) groups is 1. The zero-order valence-corrected chi connectivity index (χ0v) is 14.3. The SMILES string of the molecule is CC1(N)C=CC2=C(C=C1)C=CC(C)(C(=O)CCCN=C(N)N)C=C2. The summed E-state index contributed by atoms with van der Waals surface area (Å²) in [5, 5.41) is 0. The fourth-order valence-corrected chi connectivity index (χ4v) is 2.57. The molecule has 0 aromatic rings. The quantitative estimate of drug-likeness (QED) is 0.407. The van der Waals surface area contributed by atoms with Crippen LogP contribution in [0.4, 0.5) is 0 Å². The predicted molar refractivity (Wildman–Crippen MR) is 99.2 cm³/mol. The van der Waals surface area contributed by atoms with Crippen molar-refractivity contribution in [1.82, 2.24) is 0 Å². The Morgan fingerprint density at radius 1 is 1.00 bits per heavy atom. The van der Waals surface area contributed by atoms with Gasteiger partial charge in [-0.15, -0.1) is 0 Å². The molecule has 6 N–H and O–H groups in total. The first kappa shape index (κ1) is 17.9. The van der Waals surface area contributed by atoms with E-state index < -0.39 is 11.0 Å². The minimum Gasteiger partial charge on any atom is -0.370 e. The van der Waals surface area contributed by atoms with Crippen LogP contribution in [-0.4, -0.2) is 23.8 Å². The topological polar surface area (TPSA) is 107 Å². The van der Waals surface area contributed by atoms with Gasteiger partial charge in [0.2, 0.25) is 0 Å². The largest absolute Gasteiger partial charge is 0.370 e. The third kappa shape index (κ3) is 4.55. The Morgan fingerprint density at radius 2 is 1.50 bits per heavy atom. The van der Waals surface area contributed by atoms with E-state index in [9.17, 15) is 4.79 Å². The van der Waals surface area contributed by atoms with E-state index in [1.165, 1.54) is 0 Å². The number of hydrogen-bond donors (Lipinski definition) is 3. The molecule has 0 spiro atoms.